The molecule has 0 spiro atoms. The van der Waals surface area contributed by atoms with Crippen molar-refractivity contribution in [3.63, 3.8) is 0 Å². The zero-order valence-corrected chi connectivity index (χ0v) is 16.5. The normalized spacial score (nSPS) is 10.5. The molecule has 0 aliphatic rings. The van der Waals surface area contributed by atoms with Gasteiger partial charge in [-0.05, 0) is 25.0 Å². The zero-order chi connectivity index (χ0) is 17.1. The summed E-state index contributed by atoms with van der Waals surface area (Å²) >= 11 is 0. The Hall–Kier alpha value is -1.84. The lowest BCUT2D eigenvalue weighted by atomic mass is 10.3. The third-order valence-corrected chi connectivity index (χ3v) is 3.29. The number of halogens is 1. The molecule has 0 amide bonds. The van der Waals surface area contributed by atoms with E-state index in [0.29, 0.717) is 13.1 Å². The fourth-order valence-electron chi connectivity index (χ4n) is 2.05. The van der Waals surface area contributed by atoms with Gasteiger partial charge in [0.2, 0.25) is 0 Å². The smallest absolute Gasteiger partial charge is 0.269 e. The van der Waals surface area contributed by atoms with E-state index in [0.717, 1.165) is 31.0 Å². The molecule has 8 heteroatoms. The number of benzene rings is 1. The van der Waals surface area contributed by atoms with Crippen LogP contribution in [0.2, 0.25) is 0 Å². The minimum Gasteiger partial charge on any atom is -0.383 e. The van der Waals surface area contributed by atoms with E-state index in [1.807, 2.05) is 13.1 Å². The molecule has 0 aliphatic carbocycles. The maximum atomic E-state index is 10.6. The van der Waals surface area contributed by atoms with Crippen LogP contribution in [0, 0.1) is 10.1 Å². The van der Waals surface area contributed by atoms with Crippen molar-refractivity contribution in [1.82, 2.24) is 10.2 Å². The van der Waals surface area contributed by atoms with Gasteiger partial charge in [-0.1, -0.05) is 6.08 Å². The van der Waals surface area contributed by atoms with E-state index in [1.54, 1.807) is 19.2 Å². The van der Waals surface area contributed by atoms with E-state index < -0.39 is 4.92 Å². The number of hydrogen-bond donors (Lipinski definition) is 2. The van der Waals surface area contributed by atoms with Crippen LogP contribution in [0.4, 0.5) is 11.4 Å². The van der Waals surface area contributed by atoms with Crippen LogP contribution < -0.4 is 10.6 Å². The molecule has 1 aromatic rings. The Morgan fingerprint density at radius 1 is 1.38 bits per heavy atom. The molecule has 0 heterocycles. The van der Waals surface area contributed by atoms with Crippen LogP contribution in [0.15, 0.2) is 41.9 Å². The third-order valence-electron chi connectivity index (χ3n) is 3.29. The van der Waals surface area contributed by atoms with E-state index in [4.69, 9.17) is 0 Å². The molecule has 0 saturated carbocycles. The number of aliphatic imine (C=N–C) groups is 1. The second kappa shape index (κ2) is 12.6. The van der Waals surface area contributed by atoms with Crippen LogP contribution in [-0.2, 0) is 0 Å². The van der Waals surface area contributed by atoms with Gasteiger partial charge in [0.1, 0.15) is 0 Å². The predicted octanol–water partition coefficient (Wildman–Crippen LogP) is 3.10. The van der Waals surface area contributed by atoms with E-state index in [1.165, 1.54) is 12.1 Å². The lowest BCUT2D eigenvalue weighted by Gasteiger charge is -2.22. The highest BCUT2D eigenvalue weighted by molar-refractivity contribution is 14.0. The molecule has 0 bridgehead atoms. The first-order valence-corrected chi connectivity index (χ1v) is 7.59. The van der Waals surface area contributed by atoms with Crippen LogP contribution in [-0.4, -0.2) is 49.5 Å². The van der Waals surface area contributed by atoms with Gasteiger partial charge in [-0.2, -0.15) is 0 Å². The molecular formula is C16H26IN5O2. The first-order valence-electron chi connectivity index (χ1n) is 7.59. The molecule has 1 aromatic carbocycles. The molecule has 0 aromatic heterocycles. The highest BCUT2D eigenvalue weighted by atomic mass is 127. The summed E-state index contributed by atoms with van der Waals surface area (Å²) in [6.07, 6.45) is 3.95. The lowest BCUT2D eigenvalue weighted by molar-refractivity contribution is -0.384. The zero-order valence-electron chi connectivity index (χ0n) is 14.2. The maximum Gasteiger partial charge on any atom is 0.269 e. The maximum absolute atomic E-state index is 10.6. The Balaban J connectivity index is 0.00000529. The summed E-state index contributed by atoms with van der Waals surface area (Å²) in [4.78, 5) is 16.5. The summed E-state index contributed by atoms with van der Waals surface area (Å²) in [7, 11) is 3.76. The van der Waals surface area contributed by atoms with E-state index in [9.17, 15) is 10.1 Å². The minimum atomic E-state index is -0.405. The van der Waals surface area contributed by atoms with Crippen molar-refractivity contribution in [1.29, 1.82) is 0 Å². The van der Waals surface area contributed by atoms with E-state index >= 15 is 0 Å². The molecule has 0 fully saturated rings. The Morgan fingerprint density at radius 2 is 2.04 bits per heavy atom. The van der Waals surface area contributed by atoms with Crippen LogP contribution in [0.5, 0.6) is 0 Å². The van der Waals surface area contributed by atoms with Crippen molar-refractivity contribution in [2.75, 3.05) is 39.0 Å². The molecule has 0 atom stereocenters. The quantitative estimate of drug-likeness (QED) is 0.116. The number of unbranched alkanes of at least 4 members (excludes halogenated alkanes) is 1. The molecule has 134 valence electrons. The van der Waals surface area contributed by atoms with Gasteiger partial charge in [0, 0.05) is 51.5 Å². The summed E-state index contributed by atoms with van der Waals surface area (Å²) in [5, 5.41) is 17.1. The van der Waals surface area contributed by atoms with Crippen molar-refractivity contribution >= 4 is 41.3 Å². The number of guanidine groups is 1. The largest absolute Gasteiger partial charge is 0.383 e. The first-order chi connectivity index (χ1) is 11.1. The van der Waals surface area contributed by atoms with Gasteiger partial charge in [-0.25, -0.2) is 0 Å². The van der Waals surface area contributed by atoms with Crippen LogP contribution in [0.3, 0.4) is 0 Å². The first kappa shape index (κ1) is 22.2. The standard InChI is InChI=1S/C16H25N5O2.HI/c1-4-5-6-13-20(3)16(17-2)19-12-11-18-14-7-9-15(10-8-14)21(22)23;/h4,7-10,18H,1,5-6,11-13H2,2-3H3,(H,17,19);1H. The lowest BCUT2D eigenvalue weighted by Crippen LogP contribution is -2.41. The number of nitrogens with zero attached hydrogens (tertiary/aromatic N) is 3. The van der Waals surface area contributed by atoms with Crippen LogP contribution >= 0.6 is 24.0 Å². The van der Waals surface area contributed by atoms with Gasteiger partial charge in [0.15, 0.2) is 5.96 Å². The number of nitro groups is 1. The third kappa shape index (κ3) is 8.14. The number of anilines is 1. The monoisotopic (exact) mass is 447 g/mol. The van der Waals surface area contributed by atoms with Gasteiger partial charge in [0.25, 0.3) is 5.69 Å². The number of allylic oxidation sites excluding steroid dienone is 1. The Labute approximate surface area is 160 Å². The molecule has 0 radical (unpaired) electrons. The van der Waals surface area contributed by atoms with Gasteiger partial charge in [0.05, 0.1) is 4.92 Å². The van der Waals surface area contributed by atoms with Crippen LogP contribution in [0.1, 0.15) is 12.8 Å². The molecule has 0 unspecified atom stereocenters. The number of hydrogen-bond acceptors (Lipinski definition) is 4. The molecule has 24 heavy (non-hydrogen) atoms. The second-order valence-electron chi connectivity index (χ2n) is 5.06. The van der Waals surface area contributed by atoms with Crippen molar-refractivity contribution in [2.24, 2.45) is 4.99 Å². The molecule has 0 saturated heterocycles. The molecule has 2 N–H and O–H groups in total. The number of non-ortho nitro benzene ring substituents is 1. The van der Waals surface area contributed by atoms with Crippen LogP contribution in [0.25, 0.3) is 0 Å². The summed E-state index contributed by atoms with van der Waals surface area (Å²) in [5.41, 5.74) is 0.946. The fraction of sp³-hybridized carbons (Fsp3) is 0.438. The topological polar surface area (TPSA) is 82.8 Å². The fourth-order valence-corrected chi connectivity index (χ4v) is 2.05. The van der Waals surface area contributed by atoms with Gasteiger partial charge >= 0.3 is 0 Å². The Bertz CT molecular complexity index is 534. The molecule has 7 nitrogen and oxygen atoms in total. The Kier molecular flexibility index (Phi) is 11.6. The number of nitrogens with one attached hydrogen (secondary N) is 2. The van der Waals surface area contributed by atoms with Gasteiger partial charge < -0.3 is 15.5 Å². The molecule has 0 aliphatic heterocycles. The van der Waals surface area contributed by atoms with Crippen molar-refractivity contribution < 1.29 is 4.92 Å². The predicted molar refractivity (Wildman–Crippen MR) is 110 cm³/mol. The minimum absolute atomic E-state index is 0. The highest BCUT2D eigenvalue weighted by Crippen LogP contribution is 2.14. The summed E-state index contributed by atoms with van der Waals surface area (Å²) in [5.74, 6) is 0.847. The van der Waals surface area contributed by atoms with Crippen molar-refractivity contribution in [3.8, 4) is 0 Å². The summed E-state index contributed by atoms with van der Waals surface area (Å²) in [6, 6.07) is 6.38. The highest BCUT2D eigenvalue weighted by Gasteiger charge is 2.05. The SMILES string of the molecule is C=CCCCN(C)C(=NC)NCCNc1ccc([N+](=O)[O-])cc1.I. The van der Waals surface area contributed by atoms with Gasteiger partial charge in [-0.3, -0.25) is 15.1 Å². The summed E-state index contributed by atoms with van der Waals surface area (Å²) in [6.45, 7) is 6.03. The van der Waals surface area contributed by atoms with E-state index in [2.05, 4.69) is 27.1 Å². The van der Waals surface area contributed by atoms with Crippen molar-refractivity contribution in [2.45, 2.75) is 12.8 Å². The second-order valence-corrected chi connectivity index (χ2v) is 5.06. The average Bonchev–Trinajstić information content (AvgIpc) is 2.55. The molecule has 1 rings (SSSR count). The average molecular weight is 447 g/mol. The molecular weight excluding hydrogens is 421 g/mol. The van der Waals surface area contributed by atoms with Crippen molar-refractivity contribution in [3.05, 3.63) is 47.0 Å². The Morgan fingerprint density at radius 3 is 2.58 bits per heavy atom. The number of rotatable bonds is 9. The van der Waals surface area contributed by atoms with Gasteiger partial charge in [-0.15, -0.1) is 30.6 Å². The summed E-state index contributed by atoms with van der Waals surface area (Å²) < 4.78 is 0. The van der Waals surface area contributed by atoms with E-state index in [-0.39, 0.29) is 29.7 Å². The number of nitro benzene ring substituents is 1.